The minimum absolute atomic E-state index is 0.0202. The van der Waals surface area contributed by atoms with Gasteiger partial charge in [0, 0.05) is 18.0 Å². The van der Waals surface area contributed by atoms with E-state index in [-0.39, 0.29) is 17.6 Å². The fraction of sp³-hybridized carbons (Fsp3) is 0.533. The Hall–Kier alpha value is -1.42. The molecular weight excluding hydrogens is 245 g/mol. The van der Waals surface area contributed by atoms with Crippen molar-refractivity contribution in [1.82, 2.24) is 5.32 Å². The normalized spacial score (nSPS) is 23.1. The zero-order chi connectivity index (χ0) is 13.8. The Morgan fingerprint density at radius 1 is 1.53 bits per heavy atom. The van der Waals surface area contributed by atoms with E-state index >= 15 is 0 Å². The summed E-state index contributed by atoms with van der Waals surface area (Å²) in [6.07, 6.45) is 2.59. The van der Waals surface area contributed by atoms with Gasteiger partial charge in [-0.25, -0.2) is 4.39 Å². The number of hydrogen-bond donors (Lipinski definition) is 1. The van der Waals surface area contributed by atoms with Crippen LogP contribution in [0.2, 0.25) is 0 Å². The van der Waals surface area contributed by atoms with E-state index < -0.39 is 5.82 Å². The Bertz CT molecular complexity index is 461. The fourth-order valence-corrected chi connectivity index (χ4v) is 2.56. The lowest BCUT2D eigenvalue weighted by Crippen LogP contribution is -2.38. The van der Waals surface area contributed by atoms with E-state index in [2.05, 4.69) is 12.2 Å². The summed E-state index contributed by atoms with van der Waals surface area (Å²) >= 11 is 0. The third-order valence-corrected chi connectivity index (χ3v) is 3.66. The lowest BCUT2D eigenvalue weighted by Gasteiger charge is -2.27. The smallest absolute Gasteiger partial charge is 0.165 e. The molecule has 104 valence electrons. The largest absolute Gasteiger partial charge is 0.494 e. The van der Waals surface area contributed by atoms with Crippen molar-refractivity contribution in [3.63, 3.8) is 0 Å². The van der Waals surface area contributed by atoms with Crippen LogP contribution in [0.5, 0.6) is 5.75 Å². The Kier molecular flexibility index (Phi) is 4.53. The minimum Gasteiger partial charge on any atom is -0.494 e. The zero-order valence-electron chi connectivity index (χ0n) is 11.4. The summed E-state index contributed by atoms with van der Waals surface area (Å²) in [7, 11) is 1.41. The minimum atomic E-state index is -0.488. The van der Waals surface area contributed by atoms with Crippen molar-refractivity contribution in [1.29, 1.82) is 0 Å². The average Bonchev–Trinajstić information content (AvgIpc) is 2.38. The molecular formula is C15H20FNO2. The molecule has 3 nitrogen and oxygen atoms in total. The predicted octanol–water partition coefficient (Wildman–Crippen LogP) is 2.80. The van der Waals surface area contributed by atoms with E-state index in [1.807, 2.05) is 0 Å². The summed E-state index contributed by atoms with van der Waals surface area (Å²) in [5, 5.41) is 3.35. The molecule has 4 heteroatoms. The van der Waals surface area contributed by atoms with Crippen molar-refractivity contribution >= 4 is 5.78 Å². The van der Waals surface area contributed by atoms with Gasteiger partial charge >= 0.3 is 0 Å². The molecule has 1 heterocycles. The monoisotopic (exact) mass is 265 g/mol. The van der Waals surface area contributed by atoms with E-state index in [0.717, 1.165) is 19.4 Å². The molecule has 0 spiro atoms. The van der Waals surface area contributed by atoms with Gasteiger partial charge in [-0.15, -0.1) is 0 Å². The van der Waals surface area contributed by atoms with Gasteiger partial charge in [-0.2, -0.15) is 0 Å². The van der Waals surface area contributed by atoms with Crippen LogP contribution in [0.25, 0.3) is 0 Å². The molecule has 0 aromatic heterocycles. The van der Waals surface area contributed by atoms with Crippen LogP contribution < -0.4 is 10.1 Å². The number of hydrogen-bond acceptors (Lipinski definition) is 3. The number of Topliss-reactive ketones (excluding diaryl/α,β-unsaturated/α-hetero) is 1. The van der Waals surface area contributed by atoms with Crippen LogP contribution in [0.3, 0.4) is 0 Å². The second-order valence-electron chi connectivity index (χ2n) is 5.26. The van der Waals surface area contributed by atoms with Crippen LogP contribution in [0, 0.1) is 11.7 Å². The van der Waals surface area contributed by atoms with Crippen molar-refractivity contribution in [2.45, 2.75) is 32.2 Å². The third kappa shape index (κ3) is 3.53. The molecule has 2 unspecified atom stereocenters. The fourth-order valence-electron chi connectivity index (χ4n) is 2.56. The summed E-state index contributed by atoms with van der Waals surface area (Å²) in [5.41, 5.74) is 0.415. The topological polar surface area (TPSA) is 38.3 Å². The van der Waals surface area contributed by atoms with Gasteiger partial charge in [0.2, 0.25) is 0 Å². The maximum absolute atomic E-state index is 13.6. The van der Waals surface area contributed by atoms with Gasteiger partial charge in [0.1, 0.15) is 0 Å². The SMILES string of the molecule is COc1ccc(C(=O)CC2CC(C)CCN2)cc1F. The van der Waals surface area contributed by atoms with Crippen molar-refractivity contribution < 1.29 is 13.9 Å². The Labute approximate surface area is 113 Å². The maximum Gasteiger partial charge on any atom is 0.165 e. The number of ketones is 1. The van der Waals surface area contributed by atoms with E-state index in [9.17, 15) is 9.18 Å². The van der Waals surface area contributed by atoms with Crippen LogP contribution >= 0.6 is 0 Å². The molecule has 0 amide bonds. The molecule has 19 heavy (non-hydrogen) atoms. The number of carbonyl (C=O) groups excluding carboxylic acids is 1. The van der Waals surface area contributed by atoms with Crippen LogP contribution in [0.1, 0.15) is 36.5 Å². The van der Waals surface area contributed by atoms with E-state index in [1.54, 1.807) is 6.07 Å². The summed E-state index contributed by atoms with van der Waals surface area (Å²) in [4.78, 5) is 12.1. The Morgan fingerprint density at radius 2 is 2.32 bits per heavy atom. The number of halogens is 1. The lowest BCUT2D eigenvalue weighted by molar-refractivity contribution is 0.0958. The van der Waals surface area contributed by atoms with Gasteiger partial charge < -0.3 is 10.1 Å². The molecule has 1 aliphatic rings. The van der Waals surface area contributed by atoms with Gasteiger partial charge in [-0.1, -0.05) is 6.92 Å². The van der Waals surface area contributed by atoms with E-state index in [1.165, 1.54) is 19.2 Å². The van der Waals surface area contributed by atoms with E-state index in [0.29, 0.717) is 17.9 Å². The standard InChI is InChI=1S/C15H20FNO2/c1-10-5-6-17-12(7-10)9-14(18)11-3-4-15(19-2)13(16)8-11/h3-4,8,10,12,17H,5-7,9H2,1-2H3. The van der Waals surface area contributed by atoms with Crippen molar-refractivity contribution in [2.75, 3.05) is 13.7 Å². The highest BCUT2D eigenvalue weighted by Gasteiger charge is 2.21. The zero-order valence-corrected chi connectivity index (χ0v) is 11.4. The van der Waals surface area contributed by atoms with Crippen LogP contribution in [0.4, 0.5) is 4.39 Å². The van der Waals surface area contributed by atoms with Gasteiger partial charge in [-0.05, 0) is 43.5 Å². The molecule has 1 saturated heterocycles. The first-order valence-electron chi connectivity index (χ1n) is 6.70. The molecule has 0 aliphatic carbocycles. The van der Waals surface area contributed by atoms with Crippen LogP contribution in [-0.2, 0) is 0 Å². The molecule has 2 atom stereocenters. The summed E-state index contributed by atoms with van der Waals surface area (Å²) in [6.45, 7) is 3.15. The number of nitrogens with one attached hydrogen (secondary N) is 1. The molecule has 1 aromatic rings. The molecule has 0 bridgehead atoms. The quantitative estimate of drug-likeness (QED) is 0.851. The summed E-state index contributed by atoms with van der Waals surface area (Å²) in [6, 6.07) is 4.59. The van der Waals surface area contributed by atoms with Gasteiger partial charge in [0.05, 0.1) is 7.11 Å². The summed E-state index contributed by atoms with van der Waals surface area (Å²) < 4.78 is 18.4. The van der Waals surface area contributed by atoms with Crippen molar-refractivity contribution in [3.8, 4) is 5.75 Å². The number of methoxy groups -OCH3 is 1. The number of rotatable bonds is 4. The molecule has 2 rings (SSSR count). The maximum atomic E-state index is 13.6. The first-order chi connectivity index (χ1) is 9.10. The number of benzene rings is 1. The molecule has 1 fully saturated rings. The molecule has 1 N–H and O–H groups in total. The Morgan fingerprint density at radius 3 is 2.95 bits per heavy atom. The molecule has 1 aromatic carbocycles. The second kappa shape index (κ2) is 6.15. The van der Waals surface area contributed by atoms with Crippen LogP contribution in [0.15, 0.2) is 18.2 Å². The third-order valence-electron chi connectivity index (χ3n) is 3.66. The number of carbonyl (C=O) groups is 1. The highest BCUT2D eigenvalue weighted by Crippen LogP contribution is 2.21. The van der Waals surface area contributed by atoms with E-state index in [4.69, 9.17) is 4.74 Å². The number of ether oxygens (including phenoxy) is 1. The number of piperidine rings is 1. The predicted molar refractivity (Wildman–Crippen MR) is 72.1 cm³/mol. The van der Waals surface area contributed by atoms with Crippen molar-refractivity contribution in [2.24, 2.45) is 5.92 Å². The van der Waals surface area contributed by atoms with Gasteiger partial charge in [0.25, 0.3) is 0 Å². The van der Waals surface area contributed by atoms with Gasteiger partial charge in [0.15, 0.2) is 17.3 Å². The summed E-state index contributed by atoms with van der Waals surface area (Å²) in [5.74, 6) is 0.305. The molecule has 0 saturated carbocycles. The first-order valence-corrected chi connectivity index (χ1v) is 6.70. The molecule has 1 aliphatic heterocycles. The van der Waals surface area contributed by atoms with Gasteiger partial charge in [-0.3, -0.25) is 4.79 Å². The molecule has 0 radical (unpaired) electrons. The average molecular weight is 265 g/mol. The highest BCUT2D eigenvalue weighted by atomic mass is 19.1. The van der Waals surface area contributed by atoms with Crippen molar-refractivity contribution in [3.05, 3.63) is 29.6 Å². The Balaban J connectivity index is 2.01. The second-order valence-corrected chi connectivity index (χ2v) is 5.26. The highest BCUT2D eigenvalue weighted by molar-refractivity contribution is 5.96. The van der Waals surface area contributed by atoms with Crippen LogP contribution in [-0.4, -0.2) is 25.5 Å². The first kappa shape index (κ1) is 14.0. The lowest BCUT2D eigenvalue weighted by atomic mass is 9.90.